The Morgan fingerprint density at radius 2 is 1.43 bits per heavy atom. The van der Waals surface area contributed by atoms with Gasteiger partial charge in [-0.1, -0.05) is 36.4 Å². The number of benzene rings is 3. The van der Waals surface area contributed by atoms with E-state index in [1.165, 1.54) is 0 Å². The number of fused-ring (bicyclic) bond motifs is 2. The van der Waals surface area contributed by atoms with Gasteiger partial charge >= 0.3 is 0 Å². The van der Waals surface area contributed by atoms with E-state index in [2.05, 4.69) is 76.0 Å². The molecule has 0 N–H and O–H groups in total. The molecule has 0 aliphatic carbocycles. The van der Waals surface area contributed by atoms with E-state index in [4.69, 9.17) is 4.74 Å². The Balaban J connectivity index is 2.00. The molecule has 4 rings (SSSR count). The first-order chi connectivity index (χ1) is 10.3. The van der Waals surface area contributed by atoms with E-state index >= 15 is 0 Å². The van der Waals surface area contributed by atoms with Crippen LogP contribution in [0.25, 0.3) is 0 Å². The van der Waals surface area contributed by atoms with Crippen LogP contribution in [0.4, 0.5) is 17.1 Å². The van der Waals surface area contributed by atoms with Crippen LogP contribution in [0, 0.1) is 3.57 Å². The first-order valence-electron chi connectivity index (χ1n) is 6.75. The lowest BCUT2D eigenvalue weighted by Gasteiger charge is -2.33. The molecule has 2 nitrogen and oxygen atoms in total. The molecule has 3 heteroatoms. The highest BCUT2D eigenvalue weighted by Crippen LogP contribution is 2.51. The second-order valence-corrected chi connectivity index (χ2v) is 5.99. The van der Waals surface area contributed by atoms with E-state index in [0.717, 1.165) is 32.1 Å². The largest absolute Gasteiger partial charge is 0.452 e. The lowest BCUT2D eigenvalue weighted by molar-refractivity contribution is 0.473. The Kier molecular flexibility index (Phi) is 3.07. The average Bonchev–Trinajstić information content (AvgIpc) is 2.54. The minimum absolute atomic E-state index is 0.887. The summed E-state index contributed by atoms with van der Waals surface area (Å²) in [4.78, 5) is 2.25. The van der Waals surface area contributed by atoms with Gasteiger partial charge in [0.25, 0.3) is 0 Å². The topological polar surface area (TPSA) is 12.5 Å². The molecule has 0 amide bonds. The van der Waals surface area contributed by atoms with Gasteiger partial charge in [-0.3, -0.25) is 0 Å². The van der Waals surface area contributed by atoms with Crippen LogP contribution in [-0.4, -0.2) is 0 Å². The summed E-state index contributed by atoms with van der Waals surface area (Å²) < 4.78 is 7.22. The van der Waals surface area contributed by atoms with Crippen molar-refractivity contribution in [3.05, 3.63) is 76.4 Å². The van der Waals surface area contributed by atoms with Crippen molar-refractivity contribution in [2.75, 3.05) is 4.90 Å². The van der Waals surface area contributed by atoms with Gasteiger partial charge in [-0.2, -0.15) is 0 Å². The molecule has 0 aromatic heterocycles. The molecule has 1 aliphatic heterocycles. The van der Waals surface area contributed by atoms with Crippen LogP contribution in [0.2, 0.25) is 0 Å². The van der Waals surface area contributed by atoms with Gasteiger partial charge in [0, 0.05) is 5.69 Å². The third kappa shape index (κ3) is 2.08. The molecule has 0 unspecified atom stereocenters. The normalized spacial score (nSPS) is 12.3. The zero-order valence-corrected chi connectivity index (χ0v) is 13.3. The van der Waals surface area contributed by atoms with Gasteiger partial charge in [0.1, 0.15) is 0 Å². The van der Waals surface area contributed by atoms with Gasteiger partial charge < -0.3 is 9.64 Å². The zero-order chi connectivity index (χ0) is 14.2. The van der Waals surface area contributed by atoms with Gasteiger partial charge in [-0.25, -0.2) is 0 Å². The SMILES string of the molecule is Ic1cccc2c1Oc1ccccc1N2c1ccccc1. The molecule has 0 fully saturated rings. The summed E-state index contributed by atoms with van der Waals surface area (Å²) in [5.74, 6) is 1.80. The molecule has 0 spiro atoms. The fourth-order valence-corrected chi connectivity index (χ4v) is 3.19. The number of hydrogen-bond donors (Lipinski definition) is 0. The quantitative estimate of drug-likeness (QED) is 0.380. The number of nitrogens with zero attached hydrogens (tertiary/aromatic N) is 1. The molecule has 1 heterocycles. The Bertz CT molecular complexity index is 801. The second kappa shape index (κ2) is 5.07. The van der Waals surface area contributed by atoms with Crippen LogP contribution >= 0.6 is 22.6 Å². The van der Waals surface area contributed by atoms with E-state index in [0.29, 0.717) is 0 Å². The van der Waals surface area contributed by atoms with Crippen molar-refractivity contribution in [2.45, 2.75) is 0 Å². The summed E-state index contributed by atoms with van der Waals surface area (Å²) >= 11 is 2.32. The smallest absolute Gasteiger partial charge is 0.164 e. The minimum atomic E-state index is 0.887. The summed E-state index contributed by atoms with van der Waals surface area (Å²) in [5.41, 5.74) is 3.28. The molecule has 0 radical (unpaired) electrons. The van der Waals surface area contributed by atoms with Crippen molar-refractivity contribution < 1.29 is 4.74 Å². The summed E-state index contributed by atoms with van der Waals surface area (Å²) in [6.45, 7) is 0. The number of anilines is 3. The van der Waals surface area contributed by atoms with Crippen LogP contribution < -0.4 is 9.64 Å². The maximum atomic E-state index is 6.11. The highest BCUT2D eigenvalue weighted by Gasteiger charge is 2.26. The molecule has 102 valence electrons. The Labute approximate surface area is 137 Å². The van der Waals surface area contributed by atoms with Crippen molar-refractivity contribution in [1.82, 2.24) is 0 Å². The highest BCUT2D eigenvalue weighted by atomic mass is 127. The molecule has 1 aliphatic rings. The number of halogens is 1. The fraction of sp³-hybridized carbons (Fsp3) is 0. The first kappa shape index (κ1) is 12.7. The van der Waals surface area contributed by atoms with Crippen molar-refractivity contribution in [3.63, 3.8) is 0 Å². The third-order valence-electron chi connectivity index (χ3n) is 3.52. The van der Waals surface area contributed by atoms with Crippen LogP contribution in [0.5, 0.6) is 11.5 Å². The van der Waals surface area contributed by atoms with Crippen molar-refractivity contribution in [3.8, 4) is 11.5 Å². The lowest BCUT2D eigenvalue weighted by atomic mass is 10.1. The number of ether oxygens (including phenoxy) is 1. The summed E-state index contributed by atoms with van der Waals surface area (Å²) in [5, 5.41) is 0. The molecule has 3 aromatic carbocycles. The Morgan fingerprint density at radius 3 is 2.29 bits per heavy atom. The third-order valence-corrected chi connectivity index (χ3v) is 4.37. The summed E-state index contributed by atoms with van der Waals surface area (Å²) in [7, 11) is 0. The number of hydrogen-bond acceptors (Lipinski definition) is 2. The number of rotatable bonds is 1. The summed E-state index contributed by atoms with van der Waals surface area (Å²) in [6, 6.07) is 24.7. The van der Waals surface area contributed by atoms with Gasteiger partial charge in [-0.15, -0.1) is 0 Å². The van der Waals surface area contributed by atoms with E-state index in [1.807, 2.05) is 24.3 Å². The second-order valence-electron chi connectivity index (χ2n) is 4.83. The van der Waals surface area contributed by atoms with Gasteiger partial charge in [-0.05, 0) is 59.0 Å². The molecule has 0 saturated carbocycles. The van der Waals surface area contributed by atoms with Crippen molar-refractivity contribution in [2.24, 2.45) is 0 Å². The molecule has 0 saturated heterocycles. The first-order valence-corrected chi connectivity index (χ1v) is 7.83. The van der Waals surface area contributed by atoms with E-state index in [9.17, 15) is 0 Å². The van der Waals surface area contributed by atoms with E-state index < -0.39 is 0 Å². The fourth-order valence-electron chi connectivity index (χ4n) is 2.60. The molecule has 3 aromatic rings. The maximum absolute atomic E-state index is 6.11. The zero-order valence-electron chi connectivity index (χ0n) is 11.2. The Hall–Kier alpha value is -2.01. The van der Waals surface area contributed by atoms with Crippen LogP contribution in [0.1, 0.15) is 0 Å². The standard InChI is InChI=1S/C18H12INO/c19-14-9-6-11-16-18(14)21-17-12-5-4-10-15(17)20(16)13-7-2-1-3-8-13/h1-12H. The average molecular weight is 385 g/mol. The van der Waals surface area contributed by atoms with Crippen LogP contribution in [0.3, 0.4) is 0 Å². The van der Waals surface area contributed by atoms with E-state index in [1.54, 1.807) is 0 Å². The predicted molar refractivity (Wildman–Crippen MR) is 93.9 cm³/mol. The monoisotopic (exact) mass is 385 g/mol. The summed E-state index contributed by atoms with van der Waals surface area (Å²) in [6.07, 6.45) is 0. The van der Waals surface area contributed by atoms with Gasteiger partial charge in [0.2, 0.25) is 0 Å². The maximum Gasteiger partial charge on any atom is 0.164 e. The predicted octanol–water partition coefficient (Wildman–Crippen LogP) is 5.87. The molecule has 21 heavy (non-hydrogen) atoms. The minimum Gasteiger partial charge on any atom is -0.452 e. The molecule has 0 atom stereocenters. The van der Waals surface area contributed by atoms with Gasteiger partial charge in [0.15, 0.2) is 11.5 Å². The van der Waals surface area contributed by atoms with Crippen LogP contribution in [0.15, 0.2) is 72.8 Å². The molecular weight excluding hydrogens is 373 g/mol. The highest BCUT2D eigenvalue weighted by molar-refractivity contribution is 14.1. The lowest BCUT2D eigenvalue weighted by Crippen LogP contribution is -2.16. The van der Waals surface area contributed by atoms with Gasteiger partial charge in [0.05, 0.1) is 14.9 Å². The van der Waals surface area contributed by atoms with E-state index in [-0.39, 0.29) is 0 Å². The van der Waals surface area contributed by atoms with Crippen LogP contribution in [-0.2, 0) is 0 Å². The Morgan fingerprint density at radius 1 is 0.714 bits per heavy atom. The van der Waals surface area contributed by atoms with Crippen molar-refractivity contribution >= 4 is 39.7 Å². The number of para-hydroxylation sites is 4. The molecule has 0 bridgehead atoms. The molecular formula is C18H12INO. The van der Waals surface area contributed by atoms with Crippen molar-refractivity contribution in [1.29, 1.82) is 0 Å².